The van der Waals surface area contributed by atoms with Crippen LogP contribution < -0.4 is 0 Å². The average molecular weight is 633 g/mol. The molecule has 0 saturated heterocycles. The molecule has 2 aromatic rings. The van der Waals surface area contributed by atoms with Crippen LogP contribution in [0.4, 0.5) is 0 Å². The molecular formula is C40H48N4O3. The highest BCUT2D eigenvalue weighted by atomic mass is 16.2. The van der Waals surface area contributed by atoms with Gasteiger partial charge in [-0.3, -0.25) is 23.9 Å². The molecule has 7 unspecified atom stereocenters. The zero-order valence-corrected chi connectivity index (χ0v) is 29.2. The summed E-state index contributed by atoms with van der Waals surface area (Å²) in [6.45, 7) is 17.3. The topological polar surface area (TPSA) is 106 Å². The monoisotopic (exact) mass is 632 g/mol. The molecule has 5 aliphatic carbocycles. The first kappa shape index (κ1) is 31.9. The predicted octanol–water partition coefficient (Wildman–Crippen LogP) is 8.11. The van der Waals surface area contributed by atoms with Crippen molar-refractivity contribution in [3.05, 3.63) is 59.7 Å². The van der Waals surface area contributed by atoms with Crippen LogP contribution in [0.5, 0.6) is 0 Å². The summed E-state index contributed by atoms with van der Waals surface area (Å²) < 4.78 is 1.67. The number of rotatable bonds is 2. The Morgan fingerprint density at radius 3 is 2.40 bits per heavy atom. The lowest BCUT2D eigenvalue weighted by atomic mass is 9.34. The number of Topliss-reactive ketones (excluding diaryl/α,β-unsaturated/α-hetero) is 1. The molecule has 5 aliphatic rings. The van der Waals surface area contributed by atoms with E-state index >= 15 is 0 Å². The Balaban J connectivity index is 1.34. The molecule has 2 heterocycles. The van der Waals surface area contributed by atoms with E-state index in [9.17, 15) is 19.6 Å². The Hall–Kier alpha value is -3.66. The third kappa shape index (κ3) is 4.18. The minimum Gasteiger partial charge on any atom is -0.295 e. The van der Waals surface area contributed by atoms with Crippen molar-refractivity contribution in [1.29, 1.82) is 5.26 Å². The second-order valence-electron chi connectivity index (χ2n) is 17.5. The van der Waals surface area contributed by atoms with E-state index < -0.39 is 16.2 Å². The first-order valence-electron chi connectivity index (χ1n) is 17.4. The molecule has 0 spiro atoms. The molecular weight excluding hydrogens is 584 g/mol. The van der Waals surface area contributed by atoms with Crippen molar-refractivity contribution in [2.45, 2.75) is 100 Å². The Kier molecular flexibility index (Phi) is 6.75. The zero-order valence-electron chi connectivity index (χ0n) is 29.2. The minimum absolute atomic E-state index is 0.00285. The van der Waals surface area contributed by atoms with Gasteiger partial charge in [-0.15, -0.1) is 0 Å². The number of carbonyl (C=O) groups is 3. The number of hydrogen-bond acceptors (Lipinski definition) is 6. The lowest BCUT2D eigenvalue weighted by molar-refractivity contribution is -0.164. The van der Waals surface area contributed by atoms with Gasteiger partial charge in [-0.1, -0.05) is 66.2 Å². The van der Waals surface area contributed by atoms with E-state index in [0.717, 1.165) is 61.9 Å². The average Bonchev–Trinajstić information content (AvgIpc) is 3.50. The van der Waals surface area contributed by atoms with E-state index in [1.54, 1.807) is 10.9 Å². The van der Waals surface area contributed by atoms with E-state index in [4.69, 9.17) is 0 Å². The van der Waals surface area contributed by atoms with Crippen LogP contribution in [0, 0.1) is 68.5 Å². The molecule has 7 nitrogen and oxygen atoms in total. The van der Waals surface area contributed by atoms with Crippen LogP contribution in [0.2, 0.25) is 0 Å². The van der Waals surface area contributed by atoms with Gasteiger partial charge in [0.05, 0.1) is 16.7 Å². The molecule has 0 aromatic carbocycles. The van der Waals surface area contributed by atoms with Crippen LogP contribution in [-0.2, 0) is 9.59 Å². The number of hydrogen-bond donors (Lipinski definition) is 0. The maximum Gasteiger partial charge on any atom is 0.238 e. The van der Waals surface area contributed by atoms with Gasteiger partial charge < -0.3 is 0 Å². The molecule has 3 saturated carbocycles. The molecule has 0 radical (unpaired) electrons. The number of pyridine rings is 1. The summed E-state index contributed by atoms with van der Waals surface area (Å²) in [4.78, 5) is 52.3. The predicted molar refractivity (Wildman–Crippen MR) is 180 cm³/mol. The molecule has 3 fully saturated rings. The van der Waals surface area contributed by atoms with Crippen molar-refractivity contribution in [3.63, 3.8) is 0 Å². The largest absolute Gasteiger partial charge is 0.295 e. The van der Waals surface area contributed by atoms with E-state index in [1.165, 1.54) is 0 Å². The van der Waals surface area contributed by atoms with Gasteiger partial charge in [0.1, 0.15) is 18.1 Å². The summed E-state index contributed by atoms with van der Waals surface area (Å²) in [5, 5.41) is 10.0. The smallest absolute Gasteiger partial charge is 0.238 e. The number of imidazole rings is 1. The van der Waals surface area contributed by atoms with Crippen molar-refractivity contribution in [2.24, 2.45) is 50.2 Å². The normalized spacial score (nSPS) is 38.5. The number of allylic oxidation sites excluding steroid dienone is 4. The fourth-order valence-corrected chi connectivity index (χ4v) is 11.5. The number of ketones is 2. The van der Waals surface area contributed by atoms with Gasteiger partial charge in [-0.2, -0.15) is 5.26 Å². The molecule has 0 amide bonds. The summed E-state index contributed by atoms with van der Waals surface area (Å²) in [7, 11) is 0. The number of aromatic nitrogens is 3. The van der Waals surface area contributed by atoms with Crippen LogP contribution in [0.3, 0.4) is 0 Å². The van der Waals surface area contributed by atoms with Crippen molar-refractivity contribution < 1.29 is 14.4 Å². The quantitative estimate of drug-likeness (QED) is 0.331. The maximum atomic E-state index is 14.8. The lowest BCUT2D eigenvalue weighted by Crippen LogP contribution is -2.66. The fraction of sp³-hybridized carbons (Fsp3) is 0.600. The van der Waals surface area contributed by atoms with Crippen molar-refractivity contribution in [2.75, 3.05) is 0 Å². The second-order valence-corrected chi connectivity index (χ2v) is 17.5. The van der Waals surface area contributed by atoms with Crippen molar-refractivity contribution >= 4 is 17.5 Å². The van der Waals surface area contributed by atoms with E-state index in [2.05, 4.69) is 50.7 Å². The Bertz CT molecular complexity index is 1840. The Labute approximate surface area is 278 Å². The molecule has 2 aromatic heterocycles. The third-order valence-electron chi connectivity index (χ3n) is 14.3. The van der Waals surface area contributed by atoms with Gasteiger partial charge in [0.25, 0.3) is 0 Å². The molecule has 0 aliphatic heterocycles. The summed E-state index contributed by atoms with van der Waals surface area (Å²) in [5.41, 5.74) is 0.970. The highest BCUT2D eigenvalue weighted by Crippen LogP contribution is 2.74. The van der Waals surface area contributed by atoms with Crippen molar-refractivity contribution in [3.8, 4) is 17.5 Å². The number of fused-ring (bicyclic) bond motifs is 7. The third-order valence-corrected chi connectivity index (χ3v) is 14.3. The molecule has 0 bridgehead atoms. The molecule has 47 heavy (non-hydrogen) atoms. The molecule has 246 valence electrons. The maximum absolute atomic E-state index is 14.8. The molecule has 7 rings (SSSR count). The minimum atomic E-state index is -0.698. The fourth-order valence-electron chi connectivity index (χ4n) is 11.5. The zero-order chi connectivity index (χ0) is 33.9. The standard InChI is InChI=1S/C40H48N4O3/c1-24-10-9-11-27(43-24)28-22-44(23-42-28)34(47)40-16-14-35(2,3)20-26(40)32-29(45)18-31-37(6)19-25(21-41)33(46)36(4,5)30(37)12-13-38(31,7)39(32,8)15-17-40/h9-11,18-19,22-23,26,30,32H,12-17,20H2,1-8H3. The van der Waals surface area contributed by atoms with E-state index in [1.807, 2.05) is 57.3 Å². The first-order valence-corrected chi connectivity index (χ1v) is 17.4. The molecule has 7 heteroatoms. The SMILES string of the molecule is Cc1cccc(-c2cn(C(=O)C34CCC(C)(C)CC3C3C(=O)C=C5C6(C)C=C(C#N)C(=O)C(C)(C)C6CCC5(C)C3(C)CC4)cn2)n1. The van der Waals surface area contributed by atoms with Crippen LogP contribution in [0.15, 0.2) is 54.0 Å². The number of nitriles is 1. The Morgan fingerprint density at radius 1 is 0.979 bits per heavy atom. The first-order chi connectivity index (χ1) is 21.9. The summed E-state index contributed by atoms with van der Waals surface area (Å²) in [6.07, 6.45) is 12.9. The molecule has 0 N–H and O–H groups in total. The van der Waals surface area contributed by atoms with Crippen LogP contribution in [0.25, 0.3) is 11.4 Å². The summed E-state index contributed by atoms with van der Waals surface area (Å²) in [5.74, 6) is -0.343. The van der Waals surface area contributed by atoms with Gasteiger partial charge >= 0.3 is 0 Å². The number of aryl methyl sites for hydroxylation is 1. The van der Waals surface area contributed by atoms with Crippen LogP contribution >= 0.6 is 0 Å². The summed E-state index contributed by atoms with van der Waals surface area (Å²) in [6, 6.07) is 8.01. The number of nitrogens with zero attached hydrogens (tertiary/aromatic N) is 4. The summed E-state index contributed by atoms with van der Waals surface area (Å²) >= 11 is 0. The van der Waals surface area contributed by atoms with Crippen LogP contribution in [-0.4, -0.2) is 32.0 Å². The highest BCUT2D eigenvalue weighted by Gasteiger charge is 2.71. The number of carbonyl (C=O) groups excluding carboxylic acids is 3. The van der Waals surface area contributed by atoms with Gasteiger partial charge in [0.15, 0.2) is 11.6 Å². The van der Waals surface area contributed by atoms with Crippen LogP contribution in [0.1, 0.15) is 104 Å². The van der Waals surface area contributed by atoms with Gasteiger partial charge in [-0.05, 0) is 98.2 Å². The lowest BCUT2D eigenvalue weighted by Gasteiger charge is -2.69. The van der Waals surface area contributed by atoms with Gasteiger partial charge in [-0.25, -0.2) is 4.98 Å². The van der Waals surface area contributed by atoms with E-state index in [0.29, 0.717) is 5.69 Å². The van der Waals surface area contributed by atoms with E-state index in [-0.39, 0.29) is 57.0 Å². The Morgan fingerprint density at radius 2 is 1.70 bits per heavy atom. The second kappa shape index (κ2) is 9.94. The molecule has 7 atom stereocenters. The van der Waals surface area contributed by atoms with Gasteiger partial charge in [0, 0.05) is 28.6 Å². The highest BCUT2D eigenvalue weighted by molar-refractivity contribution is 6.04. The van der Waals surface area contributed by atoms with Gasteiger partial charge in [0.2, 0.25) is 5.91 Å². The van der Waals surface area contributed by atoms with Crippen molar-refractivity contribution in [1.82, 2.24) is 14.5 Å².